The molecule has 1 aliphatic rings. The number of H-pyrrole nitrogens is 1. The minimum atomic E-state index is 0.345. The fraction of sp³-hybridized carbons (Fsp3) is 0.308. The summed E-state index contributed by atoms with van der Waals surface area (Å²) in [4.78, 5) is 14.8. The number of carbonyl (C=O) groups is 1. The SMILES string of the molecule is O=C1CCSC(c2c[nH]c3ccccc23)C1. The van der Waals surface area contributed by atoms with E-state index in [-0.39, 0.29) is 0 Å². The number of hydrogen-bond donors (Lipinski definition) is 1. The van der Waals surface area contributed by atoms with Crippen LogP contribution in [0.15, 0.2) is 30.5 Å². The molecule has 1 aliphatic heterocycles. The fourth-order valence-corrected chi connectivity index (χ4v) is 3.55. The molecule has 1 N–H and O–H groups in total. The van der Waals surface area contributed by atoms with Crippen molar-refractivity contribution >= 4 is 28.4 Å². The van der Waals surface area contributed by atoms with Gasteiger partial charge in [0.25, 0.3) is 0 Å². The summed E-state index contributed by atoms with van der Waals surface area (Å²) in [7, 11) is 0. The molecule has 1 aromatic carbocycles. The number of carbonyl (C=O) groups excluding carboxylic acids is 1. The topological polar surface area (TPSA) is 32.9 Å². The molecule has 2 heterocycles. The third-order valence-electron chi connectivity index (χ3n) is 3.08. The number of nitrogens with one attached hydrogen (secondary N) is 1. The summed E-state index contributed by atoms with van der Waals surface area (Å²) in [6, 6.07) is 8.28. The zero-order valence-corrected chi connectivity index (χ0v) is 9.72. The average molecular weight is 231 g/mol. The summed E-state index contributed by atoms with van der Waals surface area (Å²) >= 11 is 1.90. The number of para-hydroxylation sites is 1. The monoisotopic (exact) mass is 231 g/mol. The van der Waals surface area contributed by atoms with E-state index in [0.717, 1.165) is 17.7 Å². The lowest BCUT2D eigenvalue weighted by atomic mass is 10.0. The first-order chi connectivity index (χ1) is 7.84. The Hall–Kier alpha value is -1.22. The van der Waals surface area contributed by atoms with Crippen LogP contribution in [0.25, 0.3) is 10.9 Å². The second-order valence-electron chi connectivity index (χ2n) is 4.14. The third-order valence-corrected chi connectivity index (χ3v) is 4.34. The summed E-state index contributed by atoms with van der Waals surface area (Å²) < 4.78 is 0. The third kappa shape index (κ3) is 1.65. The van der Waals surface area contributed by atoms with Gasteiger partial charge < -0.3 is 4.98 Å². The van der Waals surface area contributed by atoms with Crippen molar-refractivity contribution in [2.75, 3.05) is 5.75 Å². The van der Waals surface area contributed by atoms with E-state index in [1.807, 2.05) is 17.8 Å². The number of thioether (sulfide) groups is 1. The molecule has 0 amide bonds. The smallest absolute Gasteiger partial charge is 0.135 e. The lowest BCUT2D eigenvalue weighted by molar-refractivity contribution is -0.118. The number of aromatic amines is 1. The second kappa shape index (κ2) is 3.98. The van der Waals surface area contributed by atoms with E-state index in [1.54, 1.807) is 0 Å². The lowest BCUT2D eigenvalue weighted by Gasteiger charge is -2.19. The number of fused-ring (bicyclic) bond motifs is 1. The van der Waals surface area contributed by atoms with Crippen LogP contribution in [0.4, 0.5) is 0 Å². The molecule has 1 atom stereocenters. The minimum Gasteiger partial charge on any atom is -0.361 e. The fourth-order valence-electron chi connectivity index (χ4n) is 2.24. The van der Waals surface area contributed by atoms with Crippen LogP contribution in [0.1, 0.15) is 23.7 Å². The molecule has 16 heavy (non-hydrogen) atoms. The normalized spacial score (nSPS) is 21.5. The number of Topliss-reactive ketones (excluding diaryl/α,β-unsaturated/α-hetero) is 1. The second-order valence-corrected chi connectivity index (χ2v) is 5.45. The Labute approximate surface area is 98.4 Å². The van der Waals surface area contributed by atoms with Crippen molar-refractivity contribution in [2.45, 2.75) is 18.1 Å². The van der Waals surface area contributed by atoms with Crippen LogP contribution >= 0.6 is 11.8 Å². The maximum atomic E-state index is 11.5. The van der Waals surface area contributed by atoms with Gasteiger partial charge in [-0.1, -0.05) is 18.2 Å². The number of aromatic nitrogens is 1. The molecule has 3 heteroatoms. The summed E-state index contributed by atoms with van der Waals surface area (Å²) in [5.74, 6) is 1.36. The average Bonchev–Trinajstić information content (AvgIpc) is 2.72. The zero-order valence-electron chi connectivity index (χ0n) is 8.90. The summed E-state index contributed by atoms with van der Waals surface area (Å²) in [6.45, 7) is 0. The van der Waals surface area contributed by atoms with Crippen LogP contribution in [-0.4, -0.2) is 16.5 Å². The van der Waals surface area contributed by atoms with Crippen molar-refractivity contribution in [3.63, 3.8) is 0 Å². The van der Waals surface area contributed by atoms with Gasteiger partial charge in [-0.25, -0.2) is 0 Å². The Balaban J connectivity index is 2.02. The van der Waals surface area contributed by atoms with E-state index in [0.29, 0.717) is 17.5 Å². The van der Waals surface area contributed by atoms with Crippen molar-refractivity contribution in [3.8, 4) is 0 Å². The Kier molecular flexibility index (Phi) is 2.48. The Morgan fingerprint density at radius 1 is 1.31 bits per heavy atom. The van der Waals surface area contributed by atoms with Gasteiger partial charge in [-0.15, -0.1) is 0 Å². The highest BCUT2D eigenvalue weighted by atomic mass is 32.2. The first kappa shape index (κ1) is 9.97. The van der Waals surface area contributed by atoms with Gasteiger partial charge >= 0.3 is 0 Å². The standard InChI is InChI=1S/C13H13NOS/c15-9-5-6-16-13(7-9)11-8-14-12-4-2-1-3-10(11)12/h1-4,8,13-14H,5-7H2. The lowest BCUT2D eigenvalue weighted by Crippen LogP contribution is -2.11. The van der Waals surface area contributed by atoms with Crippen LogP contribution in [0.3, 0.4) is 0 Å². The molecule has 82 valence electrons. The van der Waals surface area contributed by atoms with Crippen LogP contribution in [0, 0.1) is 0 Å². The van der Waals surface area contributed by atoms with Gasteiger partial charge in [0.1, 0.15) is 5.78 Å². The van der Waals surface area contributed by atoms with Crippen molar-refractivity contribution < 1.29 is 4.79 Å². The largest absolute Gasteiger partial charge is 0.361 e. The van der Waals surface area contributed by atoms with Gasteiger partial charge in [-0.2, -0.15) is 11.8 Å². The van der Waals surface area contributed by atoms with Gasteiger partial charge in [0.2, 0.25) is 0 Å². The number of rotatable bonds is 1. The highest BCUT2D eigenvalue weighted by Crippen LogP contribution is 2.39. The molecule has 2 aromatic rings. The van der Waals surface area contributed by atoms with E-state index in [4.69, 9.17) is 0 Å². The van der Waals surface area contributed by atoms with Gasteiger partial charge in [0.15, 0.2) is 0 Å². The summed E-state index contributed by atoms with van der Waals surface area (Å²) in [5, 5.41) is 1.60. The number of benzene rings is 1. The van der Waals surface area contributed by atoms with E-state index in [9.17, 15) is 4.79 Å². The molecule has 0 spiro atoms. The van der Waals surface area contributed by atoms with E-state index in [2.05, 4.69) is 29.4 Å². The van der Waals surface area contributed by atoms with Gasteiger partial charge in [0.05, 0.1) is 0 Å². The molecule has 0 saturated carbocycles. The van der Waals surface area contributed by atoms with Crippen LogP contribution < -0.4 is 0 Å². The Morgan fingerprint density at radius 2 is 2.19 bits per heavy atom. The highest BCUT2D eigenvalue weighted by molar-refractivity contribution is 7.99. The molecule has 2 nitrogen and oxygen atoms in total. The Bertz CT molecular complexity index is 531. The molecule has 0 radical (unpaired) electrons. The molecule has 0 bridgehead atoms. The van der Waals surface area contributed by atoms with Gasteiger partial charge in [-0.05, 0) is 11.6 Å². The molecule has 1 unspecified atom stereocenters. The predicted molar refractivity (Wildman–Crippen MR) is 67.7 cm³/mol. The van der Waals surface area contributed by atoms with Crippen LogP contribution in [0.5, 0.6) is 0 Å². The number of hydrogen-bond acceptors (Lipinski definition) is 2. The van der Waals surface area contributed by atoms with Crippen LogP contribution in [-0.2, 0) is 4.79 Å². The molecule has 1 aromatic heterocycles. The minimum absolute atomic E-state index is 0.345. The maximum Gasteiger partial charge on any atom is 0.135 e. The van der Waals surface area contributed by atoms with Crippen LogP contribution in [0.2, 0.25) is 0 Å². The first-order valence-corrected chi connectivity index (χ1v) is 6.59. The molecule has 1 saturated heterocycles. The van der Waals surface area contributed by atoms with Crippen molar-refractivity contribution in [2.24, 2.45) is 0 Å². The quantitative estimate of drug-likeness (QED) is 0.816. The highest BCUT2D eigenvalue weighted by Gasteiger charge is 2.23. The van der Waals surface area contributed by atoms with Crippen molar-refractivity contribution in [3.05, 3.63) is 36.0 Å². The molecule has 1 fully saturated rings. The van der Waals surface area contributed by atoms with Crippen molar-refractivity contribution in [1.82, 2.24) is 4.98 Å². The van der Waals surface area contributed by atoms with Gasteiger partial charge in [0, 0.05) is 40.9 Å². The molecule has 0 aliphatic carbocycles. The Morgan fingerprint density at radius 3 is 3.06 bits per heavy atom. The molecule has 3 rings (SSSR count). The predicted octanol–water partition coefficient (Wildman–Crippen LogP) is 3.31. The molecular formula is C13H13NOS. The van der Waals surface area contributed by atoms with E-state index >= 15 is 0 Å². The maximum absolute atomic E-state index is 11.5. The molecular weight excluding hydrogens is 218 g/mol. The van der Waals surface area contributed by atoms with E-state index < -0.39 is 0 Å². The summed E-state index contributed by atoms with van der Waals surface area (Å²) in [5.41, 5.74) is 2.45. The summed E-state index contributed by atoms with van der Waals surface area (Å²) in [6.07, 6.45) is 3.48. The van der Waals surface area contributed by atoms with E-state index in [1.165, 1.54) is 10.9 Å². The van der Waals surface area contributed by atoms with Crippen molar-refractivity contribution in [1.29, 1.82) is 0 Å². The zero-order chi connectivity index (χ0) is 11.0. The van der Waals surface area contributed by atoms with Gasteiger partial charge in [-0.3, -0.25) is 4.79 Å². The number of ketones is 1. The first-order valence-electron chi connectivity index (χ1n) is 5.54.